The number of thiazole rings is 1. The predicted molar refractivity (Wildman–Crippen MR) is 130 cm³/mol. The summed E-state index contributed by atoms with van der Waals surface area (Å²) >= 11 is 2.94. The van der Waals surface area contributed by atoms with Gasteiger partial charge in [-0.2, -0.15) is 0 Å². The predicted octanol–water partition coefficient (Wildman–Crippen LogP) is 5.71. The molecule has 0 spiro atoms. The number of anilines is 1. The van der Waals surface area contributed by atoms with Crippen molar-refractivity contribution in [3.05, 3.63) is 72.4 Å². The molecule has 4 rings (SSSR count). The van der Waals surface area contributed by atoms with Gasteiger partial charge in [0.2, 0.25) is 5.91 Å². The normalized spacial score (nSPS) is 10.7. The number of amides is 1. The molecule has 2 heterocycles. The first kappa shape index (κ1) is 22.0. The summed E-state index contributed by atoms with van der Waals surface area (Å²) in [6, 6.07) is 21.3. The Balaban J connectivity index is 1.39. The SMILES string of the molecule is CCOc1ccccc1NC(=O)CSc1ccc(-c2sc(-c3ccccc3)nc2C)nn1. The molecule has 0 atom stereocenters. The van der Waals surface area contributed by atoms with Gasteiger partial charge < -0.3 is 10.1 Å². The smallest absolute Gasteiger partial charge is 0.234 e. The van der Waals surface area contributed by atoms with Gasteiger partial charge in [-0.1, -0.05) is 54.2 Å². The molecule has 0 unspecified atom stereocenters. The maximum atomic E-state index is 12.4. The average Bonchev–Trinajstić information content (AvgIpc) is 3.22. The monoisotopic (exact) mass is 462 g/mol. The summed E-state index contributed by atoms with van der Waals surface area (Å²) in [5, 5.41) is 13.2. The van der Waals surface area contributed by atoms with E-state index in [9.17, 15) is 4.79 Å². The third-order valence-electron chi connectivity index (χ3n) is 4.50. The van der Waals surface area contributed by atoms with Crippen molar-refractivity contribution in [3.8, 4) is 26.9 Å². The molecule has 162 valence electrons. The van der Waals surface area contributed by atoms with E-state index in [0.717, 1.165) is 26.8 Å². The molecule has 1 amide bonds. The molecular weight excluding hydrogens is 440 g/mol. The van der Waals surface area contributed by atoms with Crippen LogP contribution in [0.2, 0.25) is 0 Å². The van der Waals surface area contributed by atoms with Crippen LogP contribution in [0.4, 0.5) is 5.69 Å². The van der Waals surface area contributed by atoms with Crippen molar-refractivity contribution in [2.75, 3.05) is 17.7 Å². The standard InChI is InChI=1S/C24H22N4O2S2/c1-3-30-20-12-8-7-11-18(20)26-21(29)15-31-22-14-13-19(27-28-22)23-16(2)25-24(32-23)17-9-5-4-6-10-17/h4-14H,3,15H2,1-2H3,(H,26,29). The van der Waals surface area contributed by atoms with Gasteiger partial charge in [-0.25, -0.2) is 4.98 Å². The Bertz CT molecular complexity index is 1190. The van der Waals surface area contributed by atoms with Crippen molar-refractivity contribution >= 4 is 34.7 Å². The van der Waals surface area contributed by atoms with Crippen molar-refractivity contribution < 1.29 is 9.53 Å². The third kappa shape index (κ3) is 5.33. The second-order valence-corrected chi connectivity index (χ2v) is 8.82. The number of nitrogens with zero attached hydrogens (tertiary/aromatic N) is 3. The highest BCUT2D eigenvalue weighted by molar-refractivity contribution is 7.99. The van der Waals surface area contributed by atoms with E-state index in [1.165, 1.54) is 11.8 Å². The summed E-state index contributed by atoms with van der Waals surface area (Å²) < 4.78 is 5.55. The molecule has 6 nitrogen and oxygen atoms in total. The van der Waals surface area contributed by atoms with Crippen LogP contribution < -0.4 is 10.1 Å². The molecular formula is C24H22N4O2S2. The molecule has 0 saturated carbocycles. The number of para-hydroxylation sites is 2. The zero-order chi connectivity index (χ0) is 22.3. The fraction of sp³-hybridized carbons (Fsp3) is 0.167. The van der Waals surface area contributed by atoms with Crippen LogP contribution in [0.25, 0.3) is 21.1 Å². The molecule has 4 aromatic rings. The Morgan fingerprint density at radius 3 is 2.56 bits per heavy atom. The van der Waals surface area contributed by atoms with E-state index in [0.29, 0.717) is 23.1 Å². The first-order chi connectivity index (χ1) is 15.6. The highest BCUT2D eigenvalue weighted by Gasteiger charge is 2.14. The number of hydrogen-bond acceptors (Lipinski definition) is 7. The number of benzene rings is 2. The lowest BCUT2D eigenvalue weighted by Gasteiger charge is -2.10. The zero-order valence-corrected chi connectivity index (χ0v) is 19.4. The van der Waals surface area contributed by atoms with Gasteiger partial charge >= 0.3 is 0 Å². The maximum absolute atomic E-state index is 12.4. The fourth-order valence-corrected chi connectivity index (χ4v) is 4.68. The van der Waals surface area contributed by atoms with E-state index < -0.39 is 0 Å². The van der Waals surface area contributed by atoms with Gasteiger partial charge in [-0.3, -0.25) is 4.79 Å². The molecule has 0 fully saturated rings. The number of aryl methyl sites for hydroxylation is 1. The second-order valence-electron chi connectivity index (χ2n) is 6.82. The molecule has 0 aliphatic heterocycles. The van der Waals surface area contributed by atoms with Gasteiger partial charge in [-0.15, -0.1) is 21.5 Å². The Hall–Kier alpha value is -3.23. The maximum Gasteiger partial charge on any atom is 0.234 e. The van der Waals surface area contributed by atoms with Crippen LogP contribution in [-0.4, -0.2) is 33.4 Å². The summed E-state index contributed by atoms with van der Waals surface area (Å²) in [7, 11) is 0. The molecule has 0 saturated heterocycles. The van der Waals surface area contributed by atoms with Gasteiger partial charge in [0.15, 0.2) is 0 Å². The number of hydrogen-bond donors (Lipinski definition) is 1. The van der Waals surface area contributed by atoms with Crippen LogP contribution in [0.15, 0.2) is 71.8 Å². The van der Waals surface area contributed by atoms with Gasteiger partial charge in [-0.05, 0) is 38.1 Å². The van der Waals surface area contributed by atoms with Crippen molar-refractivity contribution in [1.29, 1.82) is 0 Å². The fourth-order valence-electron chi connectivity index (χ4n) is 3.03. The summed E-state index contributed by atoms with van der Waals surface area (Å²) in [6.45, 7) is 4.43. The first-order valence-electron chi connectivity index (χ1n) is 10.2. The van der Waals surface area contributed by atoms with E-state index in [4.69, 9.17) is 4.74 Å². The Kier molecular flexibility index (Phi) is 7.14. The number of nitrogens with one attached hydrogen (secondary N) is 1. The third-order valence-corrected chi connectivity index (χ3v) is 6.65. The molecule has 2 aromatic heterocycles. The van der Waals surface area contributed by atoms with Crippen LogP contribution in [0, 0.1) is 6.92 Å². The topological polar surface area (TPSA) is 77.0 Å². The summed E-state index contributed by atoms with van der Waals surface area (Å²) in [4.78, 5) is 18.1. The Labute approximate surface area is 195 Å². The largest absolute Gasteiger partial charge is 0.492 e. The summed E-state index contributed by atoms with van der Waals surface area (Å²) in [6.07, 6.45) is 0. The molecule has 0 aliphatic rings. The molecule has 32 heavy (non-hydrogen) atoms. The van der Waals surface area contributed by atoms with Crippen molar-refractivity contribution in [1.82, 2.24) is 15.2 Å². The van der Waals surface area contributed by atoms with Crippen LogP contribution in [0.1, 0.15) is 12.6 Å². The number of carbonyl (C=O) groups excluding carboxylic acids is 1. The summed E-state index contributed by atoms with van der Waals surface area (Å²) in [5.41, 5.74) is 3.46. The van der Waals surface area contributed by atoms with Crippen molar-refractivity contribution in [3.63, 3.8) is 0 Å². The van der Waals surface area contributed by atoms with Gasteiger partial charge in [0, 0.05) is 5.56 Å². The van der Waals surface area contributed by atoms with Gasteiger partial charge in [0.1, 0.15) is 21.5 Å². The van der Waals surface area contributed by atoms with Crippen LogP contribution in [0.3, 0.4) is 0 Å². The molecule has 2 aromatic carbocycles. The van der Waals surface area contributed by atoms with Crippen LogP contribution in [-0.2, 0) is 4.79 Å². The lowest BCUT2D eigenvalue weighted by molar-refractivity contribution is -0.113. The lowest BCUT2D eigenvalue weighted by Crippen LogP contribution is -2.15. The van der Waals surface area contributed by atoms with E-state index >= 15 is 0 Å². The highest BCUT2D eigenvalue weighted by Crippen LogP contribution is 2.34. The molecule has 0 radical (unpaired) electrons. The number of thioether (sulfide) groups is 1. The van der Waals surface area contributed by atoms with Crippen LogP contribution in [0.5, 0.6) is 5.75 Å². The van der Waals surface area contributed by atoms with E-state index in [1.807, 2.05) is 80.6 Å². The van der Waals surface area contributed by atoms with E-state index in [1.54, 1.807) is 11.3 Å². The molecule has 1 N–H and O–H groups in total. The van der Waals surface area contributed by atoms with Gasteiger partial charge in [0.05, 0.1) is 28.6 Å². The van der Waals surface area contributed by atoms with Crippen molar-refractivity contribution in [2.45, 2.75) is 18.9 Å². The highest BCUT2D eigenvalue weighted by atomic mass is 32.2. The Morgan fingerprint density at radius 2 is 1.81 bits per heavy atom. The minimum absolute atomic E-state index is 0.126. The number of aromatic nitrogens is 3. The number of ether oxygens (including phenoxy) is 1. The minimum Gasteiger partial charge on any atom is -0.492 e. The zero-order valence-electron chi connectivity index (χ0n) is 17.7. The second kappa shape index (κ2) is 10.4. The quantitative estimate of drug-likeness (QED) is 0.338. The lowest BCUT2D eigenvalue weighted by atomic mass is 10.2. The summed E-state index contributed by atoms with van der Waals surface area (Å²) in [5.74, 6) is 0.762. The minimum atomic E-state index is -0.126. The van der Waals surface area contributed by atoms with Gasteiger partial charge in [0.25, 0.3) is 0 Å². The molecule has 0 aliphatic carbocycles. The van der Waals surface area contributed by atoms with E-state index in [-0.39, 0.29) is 11.7 Å². The first-order valence-corrected chi connectivity index (χ1v) is 12.0. The van der Waals surface area contributed by atoms with Crippen LogP contribution >= 0.6 is 23.1 Å². The Morgan fingerprint density at radius 1 is 1.03 bits per heavy atom. The van der Waals surface area contributed by atoms with E-state index in [2.05, 4.69) is 20.5 Å². The number of carbonyl (C=O) groups is 1. The molecule has 8 heteroatoms. The van der Waals surface area contributed by atoms with Crippen molar-refractivity contribution in [2.24, 2.45) is 0 Å². The molecule has 0 bridgehead atoms. The number of rotatable bonds is 8. The average molecular weight is 463 g/mol.